The fraction of sp³-hybridized carbons (Fsp3) is 0.385. The van der Waals surface area contributed by atoms with Crippen LogP contribution in [0.1, 0.15) is 5.82 Å². The van der Waals surface area contributed by atoms with Crippen molar-refractivity contribution in [3.05, 3.63) is 24.2 Å². The van der Waals surface area contributed by atoms with Crippen LogP contribution in [0.5, 0.6) is 0 Å². The summed E-state index contributed by atoms with van der Waals surface area (Å²) >= 11 is 0. The molecule has 7 heteroatoms. The number of aromatic nitrogens is 3. The van der Waals surface area contributed by atoms with Crippen LogP contribution >= 0.6 is 0 Å². The number of carbonyl (C=O) groups excluding carboxylic acids is 1. The van der Waals surface area contributed by atoms with Crippen LogP contribution in [0.4, 0.5) is 10.6 Å². The summed E-state index contributed by atoms with van der Waals surface area (Å²) in [6.07, 6.45) is 1.72. The van der Waals surface area contributed by atoms with Gasteiger partial charge >= 0.3 is 6.03 Å². The van der Waals surface area contributed by atoms with Crippen LogP contribution in [0.15, 0.2) is 18.3 Å². The standard InChI is InChI=1S/C13H16N6O/c1-9-17-11-10(3-2-4-14-11)12(18-9)15-5-7-19-8-6-16-13(19)20/h2-4H,5-8H2,1H3,(H,16,20)(H,14,15,17,18). The van der Waals surface area contributed by atoms with Crippen molar-refractivity contribution in [1.82, 2.24) is 25.2 Å². The van der Waals surface area contributed by atoms with Gasteiger partial charge in [0, 0.05) is 32.4 Å². The second kappa shape index (κ2) is 5.28. The minimum atomic E-state index is -0.00260. The maximum Gasteiger partial charge on any atom is 0.317 e. The van der Waals surface area contributed by atoms with Crippen LogP contribution in [-0.2, 0) is 0 Å². The third kappa shape index (κ3) is 2.47. The number of fused-ring (bicyclic) bond motifs is 1. The van der Waals surface area contributed by atoms with E-state index >= 15 is 0 Å². The van der Waals surface area contributed by atoms with E-state index in [-0.39, 0.29) is 6.03 Å². The molecule has 0 radical (unpaired) electrons. The van der Waals surface area contributed by atoms with Crippen LogP contribution in [0.25, 0.3) is 11.0 Å². The van der Waals surface area contributed by atoms with Crippen LogP contribution in [-0.4, -0.2) is 52.1 Å². The van der Waals surface area contributed by atoms with Gasteiger partial charge in [-0.3, -0.25) is 0 Å². The fourth-order valence-electron chi connectivity index (χ4n) is 2.24. The molecule has 20 heavy (non-hydrogen) atoms. The molecule has 104 valence electrons. The number of nitrogens with one attached hydrogen (secondary N) is 2. The van der Waals surface area contributed by atoms with E-state index in [1.165, 1.54) is 0 Å². The van der Waals surface area contributed by atoms with Gasteiger partial charge in [-0.05, 0) is 19.1 Å². The number of rotatable bonds is 4. The highest BCUT2D eigenvalue weighted by Gasteiger charge is 2.18. The van der Waals surface area contributed by atoms with Crippen molar-refractivity contribution >= 4 is 22.9 Å². The number of anilines is 1. The van der Waals surface area contributed by atoms with E-state index in [1.807, 2.05) is 19.1 Å². The zero-order valence-corrected chi connectivity index (χ0v) is 11.3. The van der Waals surface area contributed by atoms with E-state index in [0.717, 1.165) is 24.3 Å². The SMILES string of the molecule is Cc1nc(NCCN2CCNC2=O)c2cccnc2n1. The first-order valence-corrected chi connectivity index (χ1v) is 6.60. The Morgan fingerprint density at radius 1 is 1.45 bits per heavy atom. The molecule has 1 aliphatic rings. The van der Waals surface area contributed by atoms with E-state index in [2.05, 4.69) is 25.6 Å². The molecule has 2 aromatic rings. The predicted octanol–water partition coefficient (Wildman–Crippen LogP) is 0.770. The number of nitrogens with zero attached hydrogens (tertiary/aromatic N) is 4. The number of hydrogen-bond acceptors (Lipinski definition) is 5. The molecule has 1 saturated heterocycles. The lowest BCUT2D eigenvalue weighted by molar-refractivity contribution is 0.219. The Morgan fingerprint density at radius 3 is 3.15 bits per heavy atom. The normalized spacial score (nSPS) is 14.7. The molecule has 0 spiro atoms. The van der Waals surface area contributed by atoms with Gasteiger partial charge < -0.3 is 15.5 Å². The van der Waals surface area contributed by atoms with Crippen LogP contribution in [0, 0.1) is 6.92 Å². The molecule has 1 aliphatic heterocycles. The van der Waals surface area contributed by atoms with Gasteiger partial charge in [-0.2, -0.15) is 0 Å². The Kier molecular flexibility index (Phi) is 3.32. The summed E-state index contributed by atoms with van der Waals surface area (Å²) in [6, 6.07) is 3.80. The number of aryl methyl sites for hydroxylation is 1. The second-order valence-electron chi connectivity index (χ2n) is 4.64. The number of carbonyl (C=O) groups is 1. The van der Waals surface area contributed by atoms with Crippen LogP contribution in [0.2, 0.25) is 0 Å². The van der Waals surface area contributed by atoms with Gasteiger partial charge in [0.15, 0.2) is 5.65 Å². The molecule has 0 aliphatic carbocycles. The summed E-state index contributed by atoms with van der Waals surface area (Å²) in [7, 11) is 0. The molecule has 2 amide bonds. The quantitative estimate of drug-likeness (QED) is 0.859. The lowest BCUT2D eigenvalue weighted by Crippen LogP contribution is -2.32. The first kappa shape index (κ1) is 12.6. The molecule has 0 saturated carbocycles. The summed E-state index contributed by atoms with van der Waals surface area (Å²) < 4.78 is 0. The third-order valence-electron chi connectivity index (χ3n) is 3.20. The third-order valence-corrected chi connectivity index (χ3v) is 3.20. The zero-order valence-electron chi connectivity index (χ0n) is 11.3. The molecule has 0 atom stereocenters. The Balaban J connectivity index is 1.72. The van der Waals surface area contributed by atoms with Crippen molar-refractivity contribution in [3.63, 3.8) is 0 Å². The number of urea groups is 1. The van der Waals surface area contributed by atoms with Crippen molar-refractivity contribution in [2.45, 2.75) is 6.92 Å². The lowest BCUT2D eigenvalue weighted by atomic mass is 10.3. The van der Waals surface area contributed by atoms with Gasteiger partial charge in [0.05, 0.1) is 5.39 Å². The summed E-state index contributed by atoms with van der Waals surface area (Å²) in [5.41, 5.74) is 0.682. The zero-order chi connectivity index (χ0) is 13.9. The molecule has 0 unspecified atom stereocenters. The van der Waals surface area contributed by atoms with Gasteiger partial charge in [0.1, 0.15) is 11.6 Å². The van der Waals surface area contributed by atoms with Crippen molar-refractivity contribution < 1.29 is 4.79 Å². The summed E-state index contributed by atoms with van der Waals surface area (Å²) in [5, 5.41) is 6.94. The molecule has 0 bridgehead atoms. The number of pyridine rings is 1. The summed E-state index contributed by atoms with van der Waals surface area (Å²) in [6.45, 7) is 4.61. The Bertz CT molecular complexity index is 644. The highest BCUT2D eigenvalue weighted by Crippen LogP contribution is 2.17. The molecular weight excluding hydrogens is 256 g/mol. The largest absolute Gasteiger partial charge is 0.368 e. The van der Waals surface area contributed by atoms with Gasteiger partial charge in [0.25, 0.3) is 0 Å². The van der Waals surface area contributed by atoms with E-state index in [0.29, 0.717) is 24.6 Å². The van der Waals surface area contributed by atoms with Gasteiger partial charge in [0.2, 0.25) is 0 Å². The minimum Gasteiger partial charge on any atom is -0.368 e. The average molecular weight is 272 g/mol. The first-order valence-electron chi connectivity index (χ1n) is 6.60. The topological polar surface area (TPSA) is 83.0 Å². The Hall–Kier alpha value is -2.44. The smallest absolute Gasteiger partial charge is 0.317 e. The highest BCUT2D eigenvalue weighted by atomic mass is 16.2. The van der Waals surface area contributed by atoms with E-state index in [9.17, 15) is 4.79 Å². The predicted molar refractivity (Wildman–Crippen MR) is 75.5 cm³/mol. The maximum atomic E-state index is 11.4. The van der Waals surface area contributed by atoms with Crippen molar-refractivity contribution in [3.8, 4) is 0 Å². The van der Waals surface area contributed by atoms with Crippen molar-refractivity contribution in [1.29, 1.82) is 0 Å². The van der Waals surface area contributed by atoms with Crippen LogP contribution < -0.4 is 10.6 Å². The molecule has 0 aromatic carbocycles. The minimum absolute atomic E-state index is 0.00260. The second-order valence-corrected chi connectivity index (χ2v) is 4.64. The summed E-state index contributed by atoms with van der Waals surface area (Å²) in [5.74, 6) is 1.44. The van der Waals surface area contributed by atoms with Crippen molar-refractivity contribution in [2.75, 3.05) is 31.5 Å². The molecule has 2 aromatic heterocycles. The fourth-order valence-corrected chi connectivity index (χ4v) is 2.24. The van der Waals surface area contributed by atoms with E-state index < -0.39 is 0 Å². The molecule has 3 heterocycles. The van der Waals surface area contributed by atoms with E-state index in [1.54, 1.807) is 11.1 Å². The molecule has 3 rings (SSSR count). The Labute approximate surface area is 116 Å². The molecule has 2 N–H and O–H groups in total. The van der Waals surface area contributed by atoms with Gasteiger partial charge in [-0.15, -0.1) is 0 Å². The average Bonchev–Trinajstić information content (AvgIpc) is 2.84. The molecule has 7 nitrogen and oxygen atoms in total. The van der Waals surface area contributed by atoms with E-state index in [4.69, 9.17) is 0 Å². The lowest BCUT2D eigenvalue weighted by Gasteiger charge is -2.15. The maximum absolute atomic E-state index is 11.4. The first-order chi connectivity index (χ1) is 9.74. The van der Waals surface area contributed by atoms with Gasteiger partial charge in [-0.1, -0.05) is 0 Å². The highest BCUT2D eigenvalue weighted by molar-refractivity contribution is 5.86. The number of amides is 2. The molecule has 1 fully saturated rings. The monoisotopic (exact) mass is 272 g/mol. The van der Waals surface area contributed by atoms with Crippen LogP contribution in [0.3, 0.4) is 0 Å². The molecular formula is C13H16N6O. The van der Waals surface area contributed by atoms with Gasteiger partial charge in [-0.25, -0.2) is 19.7 Å². The van der Waals surface area contributed by atoms with Crippen molar-refractivity contribution in [2.24, 2.45) is 0 Å². The number of hydrogen-bond donors (Lipinski definition) is 2. The summed E-state index contributed by atoms with van der Waals surface area (Å²) in [4.78, 5) is 26.1. The Morgan fingerprint density at radius 2 is 2.35 bits per heavy atom.